The monoisotopic (exact) mass is 378 g/mol. The van der Waals surface area contributed by atoms with Crippen LogP contribution in [-0.4, -0.2) is 44.6 Å². The number of sulfone groups is 1. The summed E-state index contributed by atoms with van der Waals surface area (Å²) >= 11 is 0. The first kappa shape index (κ1) is 20.2. The van der Waals surface area contributed by atoms with Crippen molar-refractivity contribution in [1.29, 1.82) is 0 Å². The highest BCUT2D eigenvalue weighted by Gasteiger charge is 2.24. The van der Waals surface area contributed by atoms with E-state index in [0.717, 1.165) is 18.8 Å². The van der Waals surface area contributed by atoms with E-state index in [-0.39, 0.29) is 22.3 Å². The van der Waals surface area contributed by atoms with E-state index in [1.807, 2.05) is 26.0 Å². The molecule has 0 fully saturated rings. The second kappa shape index (κ2) is 9.00. The van der Waals surface area contributed by atoms with Crippen molar-refractivity contribution in [3.8, 4) is 0 Å². The summed E-state index contributed by atoms with van der Waals surface area (Å²) in [5.74, 6) is 0.316. The standard InChI is InChI=1S/C19H26N2O4S/c1-4-21(5-2)16(17-11-9-13-25-17)14-20-19(22)15-10-7-8-12-18(15)26(23,24)6-3/h7-13,16H,4-6,14H2,1-3H3,(H,20,22)/t16-/m0/s1. The Morgan fingerprint density at radius 2 is 1.81 bits per heavy atom. The Morgan fingerprint density at radius 3 is 2.38 bits per heavy atom. The third kappa shape index (κ3) is 4.53. The van der Waals surface area contributed by atoms with E-state index in [2.05, 4.69) is 10.2 Å². The maximum absolute atomic E-state index is 12.7. The van der Waals surface area contributed by atoms with E-state index >= 15 is 0 Å². The van der Waals surface area contributed by atoms with Crippen LogP contribution in [0.4, 0.5) is 0 Å². The molecule has 2 aromatic rings. The van der Waals surface area contributed by atoms with Gasteiger partial charge in [-0.2, -0.15) is 0 Å². The normalized spacial score (nSPS) is 12.9. The first-order valence-corrected chi connectivity index (χ1v) is 10.5. The van der Waals surface area contributed by atoms with Gasteiger partial charge in [-0.15, -0.1) is 0 Å². The van der Waals surface area contributed by atoms with Crippen LogP contribution in [0, 0.1) is 0 Å². The Balaban J connectivity index is 2.22. The fourth-order valence-corrected chi connectivity index (χ4v) is 4.01. The molecule has 0 saturated heterocycles. The van der Waals surface area contributed by atoms with E-state index in [1.54, 1.807) is 25.3 Å². The van der Waals surface area contributed by atoms with Crippen molar-refractivity contribution >= 4 is 15.7 Å². The van der Waals surface area contributed by atoms with Gasteiger partial charge in [0.2, 0.25) is 0 Å². The van der Waals surface area contributed by atoms with Gasteiger partial charge in [0, 0.05) is 6.54 Å². The average Bonchev–Trinajstić information content (AvgIpc) is 3.19. The molecule has 1 amide bonds. The van der Waals surface area contributed by atoms with Crippen LogP contribution in [0.15, 0.2) is 52.0 Å². The molecular formula is C19H26N2O4S. The summed E-state index contributed by atoms with van der Waals surface area (Å²) in [7, 11) is -3.47. The molecule has 0 aliphatic carbocycles. The van der Waals surface area contributed by atoms with E-state index in [4.69, 9.17) is 4.42 Å². The third-order valence-corrected chi connectivity index (χ3v) is 6.21. The summed E-state index contributed by atoms with van der Waals surface area (Å²) in [5.41, 5.74) is 0.173. The highest BCUT2D eigenvalue weighted by atomic mass is 32.2. The molecule has 0 saturated carbocycles. The number of amides is 1. The first-order valence-electron chi connectivity index (χ1n) is 8.82. The molecule has 2 rings (SSSR count). The minimum absolute atomic E-state index is 0.0498. The lowest BCUT2D eigenvalue weighted by Gasteiger charge is -2.28. The van der Waals surface area contributed by atoms with Gasteiger partial charge in [0.1, 0.15) is 5.76 Å². The molecule has 0 spiro atoms. The van der Waals surface area contributed by atoms with E-state index < -0.39 is 15.7 Å². The second-order valence-corrected chi connectivity index (χ2v) is 8.11. The molecular weight excluding hydrogens is 352 g/mol. The molecule has 1 heterocycles. The Hall–Kier alpha value is -2.12. The van der Waals surface area contributed by atoms with Crippen LogP contribution >= 0.6 is 0 Å². The molecule has 6 nitrogen and oxygen atoms in total. The summed E-state index contributed by atoms with van der Waals surface area (Å²) in [6, 6.07) is 9.89. The van der Waals surface area contributed by atoms with E-state index in [9.17, 15) is 13.2 Å². The number of carbonyl (C=O) groups is 1. The van der Waals surface area contributed by atoms with Crippen molar-refractivity contribution in [2.45, 2.75) is 31.7 Å². The summed E-state index contributed by atoms with van der Waals surface area (Å²) in [6.07, 6.45) is 1.61. The SMILES string of the molecule is CCN(CC)[C@@H](CNC(=O)c1ccccc1S(=O)(=O)CC)c1ccco1. The lowest BCUT2D eigenvalue weighted by molar-refractivity contribution is 0.0926. The van der Waals surface area contributed by atoms with Gasteiger partial charge < -0.3 is 9.73 Å². The molecule has 142 valence electrons. The van der Waals surface area contributed by atoms with E-state index in [1.165, 1.54) is 12.1 Å². The molecule has 0 radical (unpaired) electrons. The number of nitrogens with zero attached hydrogens (tertiary/aromatic N) is 1. The third-order valence-electron chi connectivity index (χ3n) is 4.43. The number of rotatable bonds is 9. The Morgan fingerprint density at radius 1 is 1.12 bits per heavy atom. The highest BCUT2D eigenvalue weighted by molar-refractivity contribution is 7.91. The minimum Gasteiger partial charge on any atom is -0.468 e. The number of hydrogen-bond donors (Lipinski definition) is 1. The maximum Gasteiger partial charge on any atom is 0.252 e. The molecule has 1 aromatic carbocycles. The van der Waals surface area contributed by atoms with Crippen LogP contribution in [0.1, 0.15) is 42.9 Å². The fraction of sp³-hybridized carbons (Fsp3) is 0.421. The lowest BCUT2D eigenvalue weighted by Crippen LogP contribution is -2.38. The Bertz CT molecular complexity index is 812. The van der Waals surface area contributed by atoms with E-state index in [0.29, 0.717) is 6.54 Å². The topological polar surface area (TPSA) is 79.6 Å². The maximum atomic E-state index is 12.7. The Labute approximate surface area is 155 Å². The molecule has 0 unspecified atom stereocenters. The zero-order valence-corrected chi connectivity index (χ0v) is 16.3. The number of hydrogen-bond acceptors (Lipinski definition) is 5. The van der Waals surface area contributed by atoms with Crippen molar-refractivity contribution in [2.24, 2.45) is 0 Å². The highest BCUT2D eigenvalue weighted by Crippen LogP contribution is 2.21. The zero-order chi connectivity index (χ0) is 19.2. The summed E-state index contributed by atoms with van der Waals surface area (Å²) in [5, 5.41) is 2.87. The van der Waals surface area contributed by atoms with Crippen molar-refractivity contribution in [3.05, 3.63) is 54.0 Å². The molecule has 0 aliphatic heterocycles. The van der Waals surface area contributed by atoms with Crippen molar-refractivity contribution < 1.29 is 17.6 Å². The molecule has 0 aliphatic rings. The van der Waals surface area contributed by atoms with Crippen molar-refractivity contribution in [3.63, 3.8) is 0 Å². The van der Waals surface area contributed by atoms with Crippen LogP contribution in [-0.2, 0) is 9.84 Å². The van der Waals surface area contributed by atoms with Crippen molar-refractivity contribution in [1.82, 2.24) is 10.2 Å². The summed E-state index contributed by atoms with van der Waals surface area (Å²) in [6.45, 7) is 7.59. The van der Waals surface area contributed by atoms with Crippen LogP contribution in [0.5, 0.6) is 0 Å². The largest absolute Gasteiger partial charge is 0.468 e. The van der Waals surface area contributed by atoms with Crippen LogP contribution in [0.2, 0.25) is 0 Å². The lowest BCUT2D eigenvalue weighted by atomic mass is 10.1. The number of furan rings is 1. The number of likely N-dealkylation sites (N-methyl/N-ethyl adjacent to an activating group) is 1. The van der Waals surface area contributed by atoms with Crippen LogP contribution in [0.3, 0.4) is 0 Å². The zero-order valence-electron chi connectivity index (χ0n) is 15.4. The van der Waals surface area contributed by atoms with Crippen molar-refractivity contribution in [2.75, 3.05) is 25.4 Å². The number of benzene rings is 1. The second-order valence-electron chi connectivity index (χ2n) is 5.86. The van der Waals surface area contributed by atoms with Crippen LogP contribution < -0.4 is 5.32 Å². The Kier molecular flexibility index (Phi) is 6.99. The minimum atomic E-state index is -3.47. The number of nitrogens with one attached hydrogen (secondary N) is 1. The molecule has 1 atom stereocenters. The van der Waals surface area contributed by atoms with Gasteiger partial charge in [-0.1, -0.05) is 32.9 Å². The molecule has 1 N–H and O–H groups in total. The predicted molar refractivity (Wildman–Crippen MR) is 101 cm³/mol. The van der Waals surface area contributed by atoms with Gasteiger partial charge in [0.05, 0.1) is 28.5 Å². The first-order chi connectivity index (χ1) is 12.4. The molecule has 1 aromatic heterocycles. The van der Waals surface area contributed by atoms with Gasteiger partial charge in [-0.3, -0.25) is 9.69 Å². The van der Waals surface area contributed by atoms with Gasteiger partial charge in [-0.05, 0) is 37.4 Å². The van der Waals surface area contributed by atoms with Crippen LogP contribution in [0.25, 0.3) is 0 Å². The average molecular weight is 378 g/mol. The quantitative estimate of drug-likeness (QED) is 0.726. The molecule has 7 heteroatoms. The fourth-order valence-electron chi connectivity index (χ4n) is 2.92. The smallest absolute Gasteiger partial charge is 0.252 e. The molecule has 0 bridgehead atoms. The van der Waals surface area contributed by atoms with Gasteiger partial charge in [0.15, 0.2) is 9.84 Å². The summed E-state index contributed by atoms with van der Waals surface area (Å²) < 4.78 is 30.0. The molecule has 26 heavy (non-hydrogen) atoms. The summed E-state index contributed by atoms with van der Waals surface area (Å²) in [4.78, 5) is 14.9. The van der Waals surface area contributed by atoms with Gasteiger partial charge in [-0.25, -0.2) is 8.42 Å². The number of carbonyl (C=O) groups excluding carboxylic acids is 1. The van der Waals surface area contributed by atoms with Gasteiger partial charge in [0.25, 0.3) is 5.91 Å². The van der Waals surface area contributed by atoms with Gasteiger partial charge >= 0.3 is 0 Å². The predicted octanol–water partition coefficient (Wildman–Crippen LogP) is 2.89.